The molecule has 2 aromatic rings. The van der Waals surface area contributed by atoms with Crippen LogP contribution < -0.4 is 0 Å². The molecule has 1 aromatic carbocycles. The Labute approximate surface area is 92.4 Å². The molecule has 0 radical (unpaired) electrons. The first kappa shape index (κ1) is 10.8. The SMILES string of the molecule is CC(CO)c1ccc(-n2cncn2)c(F)c1. The molecule has 1 heterocycles. The summed E-state index contributed by atoms with van der Waals surface area (Å²) in [4.78, 5) is 3.76. The molecule has 16 heavy (non-hydrogen) atoms. The molecule has 84 valence electrons. The highest BCUT2D eigenvalue weighted by molar-refractivity contribution is 5.36. The van der Waals surface area contributed by atoms with E-state index in [0.717, 1.165) is 5.56 Å². The molecule has 0 aliphatic heterocycles. The fraction of sp³-hybridized carbons (Fsp3) is 0.273. The maximum atomic E-state index is 13.7. The quantitative estimate of drug-likeness (QED) is 0.854. The topological polar surface area (TPSA) is 50.9 Å². The van der Waals surface area contributed by atoms with Crippen LogP contribution in [0.1, 0.15) is 18.4 Å². The van der Waals surface area contributed by atoms with Crippen molar-refractivity contribution in [2.75, 3.05) is 6.61 Å². The van der Waals surface area contributed by atoms with Crippen molar-refractivity contribution >= 4 is 0 Å². The van der Waals surface area contributed by atoms with E-state index in [9.17, 15) is 4.39 Å². The van der Waals surface area contributed by atoms with Crippen LogP contribution in [0, 0.1) is 5.82 Å². The van der Waals surface area contributed by atoms with Crippen LogP contribution >= 0.6 is 0 Å². The summed E-state index contributed by atoms with van der Waals surface area (Å²) in [5.74, 6) is -0.442. The van der Waals surface area contributed by atoms with E-state index in [4.69, 9.17) is 5.11 Å². The van der Waals surface area contributed by atoms with Gasteiger partial charge in [0.15, 0.2) is 0 Å². The van der Waals surface area contributed by atoms with Gasteiger partial charge in [0.2, 0.25) is 0 Å². The zero-order valence-electron chi connectivity index (χ0n) is 8.84. The lowest BCUT2D eigenvalue weighted by atomic mass is 10.0. The summed E-state index contributed by atoms with van der Waals surface area (Å²) in [6.45, 7) is 1.84. The highest BCUT2D eigenvalue weighted by Gasteiger charge is 2.09. The van der Waals surface area contributed by atoms with Gasteiger partial charge in [0, 0.05) is 12.5 Å². The van der Waals surface area contributed by atoms with Gasteiger partial charge in [-0.25, -0.2) is 14.1 Å². The van der Waals surface area contributed by atoms with E-state index < -0.39 is 0 Å². The molecule has 4 nitrogen and oxygen atoms in total. The average molecular weight is 221 g/mol. The highest BCUT2D eigenvalue weighted by atomic mass is 19.1. The van der Waals surface area contributed by atoms with Crippen LogP contribution in [0.2, 0.25) is 0 Å². The number of halogens is 1. The number of benzene rings is 1. The zero-order valence-corrected chi connectivity index (χ0v) is 8.84. The second kappa shape index (κ2) is 4.40. The molecule has 0 fully saturated rings. The first-order valence-corrected chi connectivity index (χ1v) is 4.97. The first-order valence-electron chi connectivity index (χ1n) is 4.97. The molecule has 1 atom stereocenters. The van der Waals surface area contributed by atoms with Crippen LogP contribution in [0.4, 0.5) is 4.39 Å². The van der Waals surface area contributed by atoms with Crippen molar-refractivity contribution in [3.05, 3.63) is 42.2 Å². The summed E-state index contributed by atoms with van der Waals surface area (Å²) < 4.78 is 15.1. The van der Waals surface area contributed by atoms with Crippen molar-refractivity contribution in [2.24, 2.45) is 0 Å². The van der Waals surface area contributed by atoms with E-state index in [1.54, 1.807) is 12.1 Å². The summed E-state index contributed by atoms with van der Waals surface area (Å²) in [6.07, 6.45) is 2.79. The van der Waals surface area contributed by atoms with Crippen molar-refractivity contribution in [3.63, 3.8) is 0 Å². The number of aliphatic hydroxyl groups is 1. The number of hydrogen-bond acceptors (Lipinski definition) is 3. The Morgan fingerprint density at radius 1 is 1.50 bits per heavy atom. The predicted octanol–water partition coefficient (Wildman–Crippen LogP) is 1.50. The Balaban J connectivity index is 2.37. The molecule has 1 N–H and O–H groups in total. The molecule has 5 heteroatoms. The molecule has 1 unspecified atom stereocenters. The second-order valence-corrected chi connectivity index (χ2v) is 3.63. The summed E-state index contributed by atoms with van der Waals surface area (Å²) in [5, 5.41) is 12.8. The van der Waals surface area contributed by atoms with Gasteiger partial charge in [0.05, 0.1) is 0 Å². The van der Waals surface area contributed by atoms with Gasteiger partial charge in [0.1, 0.15) is 24.2 Å². The molecule has 0 aliphatic carbocycles. The number of rotatable bonds is 3. The van der Waals surface area contributed by atoms with Gasteiger partial charge in [-0.15, -0.1) is 0 Å². The Morgan fingerprint density at radius 2 is 2.31 bits per heavy atom. The number of hydrogen-bond donors (Lipinski definition) is 1. The third-order valence-electron chi connectivity index (χ3n) is 2.48. The lowest BCUT2D eigenvalue weighted by molar-refractivity contribution is 0.273. The summed E-state index contributed by atoms with van der Waals surface area (Å²) in [7, 11) is 0. The summed E-state index contributed by atoms with van der Waals surface area (Å²) in [6, 6.07) is 4.82. The van der Waals surface area contributed by atoms with Gasteiger partial charge in [-0.2, -0.15) is 5.10 Å². The predicted molar refractivity (Wildman–Crippen MR) is 56.8 cm³/mol. The molecule has 0 spiro atoms. The van der Waals surface area contributed by atoms with E-state index >= 15 is 0 Å². The van der Waals surface area contributed by atoms with Crippen molar-refractivity contribution in [3.8, 4) is 5.69 Å². The van der Waals surface area contributed by atoms with Gasteiger partial charge in [-0.05, 0) is 17.7 Å². The minimum absolute atomic E-state index is 0.00210. The molecular formula is C11H12FN3O. The van der Waals surface area contributed by atoms with Crippen molar-refractivity contribution < 1.29 is 9.50 Å². The van der Waals surface area contributed by atoms with Crippen molar-refractivity contribution in [1.29, 1.82) is 0 Å². The Morgan fingerprint density at radius 3 is 2.88 bits per heavy atom. The molecule has 1 aromatic heterocycles. The van der Waals surface area contributed by atoms with Crippen molar-refractivity contribution in [2.45, 2.75) is 12.8 Å². The van der Waals surface area contributed by atoms with Crippen LogP contribution in [0.3, 0.4) is 0 Å². The first-order chi connectivity index (χ1) is 7.72. The van der Waals surface area contributed by atoms with Gasteiger partial charge in [-0.1, -0.05) is 13.0 Å². The Hall–Kier alpha value is -1.75. The number of nitrogens with zero attached hydrogens (tertiary/aromatic N) is 3. The minimum atomic E-state index is -0.372. The van der Waals surface area contributed by atoms with E-state index in [2.05, 4.69) is 10.1 Å². The van der Waals surface area contributed by atoms with Crippen LogP contribution in [-0.2, 0) is 0 Å². The van der Waals surface area contributed by atoms with E-state index in [0.29, 0.717) is 5.69 Å². The van der Waals surface area contributed by atoms with Crippen LogP contribution in [-0.4, -0.2) is 26.5 Å². The Kier molecular flexibility index (Phi) is 2.96. The zero-order chi connectivity index (χ0) is 11.5. The van der Waals surface area contributed by atoms with Crippen LogP contribution in [0.25, 0.3) is 5.69 Å². The number of aromatic nitrogens is 3. The fourth-order valence-corrected chi connectivity index (χ4v) is 1.45. The molecule has 0 saturated heterocycles. The van der Waals surface area contributed by atoms with E-state index in [-0.39, 0.29) is 18.3 Å². The smallest absolute Gasteiger partial charge is 0.149 e. The summed E-state index contributed by atoms with van der Waals surface area (Å²) in [5.41, 5.74) is 1.12. The molecule has 2 rings (SSSR count). The highest BCUT2D eigenvalue weighted by Crippen LogP contribution is 2.19. The largest absolute Gasteiger partial charge is 0.396 e. The van der Waals surface area contributed by atoms with E-state index in [1.807, 2.05) is 6.92 Å². The lowest BCUT2D eigenvalue weighted by Gasteiger charge is -2.10. The van der Waals surface area contributed by atoms with E-state index in [1.165, 1.54) is 23.4 Å². The third kappa shape index (κ3) is 1.94. The van der Waals surface area contributed by atoms with Gasteiger partial charge in [-0.3, -0.25) is 0 Å². The molecular weight excluding hydrogens is 209 g/mol. The number of aliphatic hydroxyl groups excluding tert-OH is 1. The monoisotopic (exact) mass is 221 g/mol. The standard InChI is InChI=1S/C11H12FN3O/c1-8(5-16)9-2-3-11(10(12)4-9)15-7-13-6-14-15/h2-4,6-8,16H,5H2,1H3. The van der Waals surface area contributed by atoms with Gasteiger partial charge in [0.25, 0.3) is 0 Å². The fourth-order valence-electron chi connectivity index (χ4n) is 1.45. The van der Waals surface area contributed by atoms with Gasteiger partial charge >= 0.3 is 0 Å². The molecule has 0 bridgehead atoms. The average Bonchev–Trinajstić information content (AvgIpc) is 2.81. The van der Waals surface area contributed by atoms with Crippen molar-refractivity contribution in [1.82, 2.24) is 14.8 Å². The Bertz CT molecular complexity index is 470. The normalized spacial score (nSPS) is 12.7. The minimum Gasteiger partial charge on any atom is -0.396 e. The van der Waals surface area contributed by atoms with Crippen LogP contribution in [0.15, 0.2) is 30.9 Å². The van der Waals surface area contributed by atoms with Gasteiger partial charge < -0.3 is 5.11 Å². The maximum Gasteiger partial charge on any atom is 0.149 e. The third-order valence-corrected chi connectivity index (χ3v) is 2.48. The summed E-state index contributed by atoms with van der Waals surface area (Å²) >= 11 is 0. The molecule has 0 saturated carbocycles. The van der Waals surface area contributed by atoms with Crippen LogP contribution in [0.5, 0.6) is 0 Å². The molecule has 0 amide bonds. The second-order valence-electron chi connectivity index (χ2n) is 3.63. The lowest BCUT2D eigenvalue weighted by Crippen LogP contribution is -2.03. The maximum absolute atomic E-state index is 13.7. The molecule has 0 aliphatic rings.